The van der Waals surface area contributed by atoms with Crippen molar-refractivity contribution in [2.45, 2.75) is 13.0 Å². The zero-order chi connectivity index (χ0) is 13.3. The maximum Gasteiger partial charge on any atom is 0.146 e. The fourth-order valence-corrected chi connectivity index (χ4v) is 1.76. The van der Waals surface area contributed by atoms with Gasteiger partial charge in [0.2, 0.25) is 0 Å². The molecular formula is C13H11F3N2. The molecule has 0 bridgehead atoms. The quantitative estimate of drug-likeness (QED) is 0.892. The number of nitrogens with zero attached hydrogens (tertiary/aromatic N) is 1. The summed E-state index contributed by atoms with van der Waals surface area (Å²) in [7, 11) is 0. The molecule has 0 aliphatic carbocycles. The van der Waals surface area contributed by atoms with Gasteiger partial charge in [-0.3, -0.25) is 4.98 Å². The standard InChI is InChI=1S/C13H11F3N2/c1-7-2-3-9(14)11(12(7)16)13(17)8-4-5-18-6-10(8)15/h2-6,13H,17H2,1H3. The SMILES string of the molecule is Cc1ccc(F)c(C(N)c2ccncc2F)c1F. The fraction of sp³-hybridized carbons (Fsp3) is 0.154. The number of hydrogen-bond donors (Lipinski definition) is 1. The molecule has 1 atom stereocenters. The molecule has 94 valence electrons. The van der Waals surface area contributed by atoms with Crippen LogP contribution in [0.5, 0.6) is 0 Å². The average molecular weight is 252 g/mol. The summed E-state index contributed by atoms with van der Waals surface area (Å²) in [4.78, 5) is 3.57. The average Bonchev–Trinajstić information content (AvgIpc) is 2.35. The van der Waals surface area contributed by atoms with E-state index in [-0.39, 0.29) is 16.7 Å². The van der Waals surface area contributed by atoms with Crippen LogP contribution in [0, 0.1) is 24.4 Å². The third kappa shape index (κ3) is 2.09. The van der Waals surface area contributed by atoms with Crippen molar-refractivity contribution in [1.82, 2.24) is 4.98 Å². The number of aromatic nitrogens is 1. The van der Waals surface area contributed by atoms with E-state index in [1.165, 1.54) is 25.3 Å². The Morgan fingerprint density at radius 2 is 1.83 bits per heavy atom. The summed E-state index contributed by atoms with van der Waals surface area (Å²) < 4.78 is 41.0. The highest BCUT2D eigenvalue weighted by atomic mass is 19.1. The lowest BCUT2D eigenvalue weighted by Crippen LogP contribution is -2.17. The van der Waals surface area contributed by atoms with Gasteiger partial charge in [-0.25, -0.2) is 13.2 Å². The summed E-state index contributed by atoms with van der Waals surface area (Å²) in [5.41, 5.74) is 5.67. The maximum atomic E-state index is 13.9. The number of nitrogens with two attached hydrogens (primary N) is 1. The van der Waals surface area contributed by atoms with E-state index in [2.05, 4.69) is 4.98 Å². The fourth-order valence-electron chi connectivity index (χ4n) is 1.76. The van der Waals surface area contributed by atoms with Gasteiger partial charge in [0.05, 0.1) is 12.2 Å². The third-order valence-corrected chi connectivity index (χ3v) is 2.77. The van der Waals surface area contributed by atoms with Crippen LogP contribution >= 0.6 is 0 Å². The van der Waals surface area contributed by atoms with E-state index in [0.717, 1.165) is 12.3 Å². The Bertz CT molecular complexity index is 584. The maximum absolute atomic E-state index is 13.9. The van der Waals surface area contributed by atoms with E-state index in [4.69, 9.17) is 5.73 Å². The van der Waals surface area contributed by atoms with Crippen LogP contribution in [0.25, 0.3) is 0 Å². The van der Waals surface area contributed by atoms with Gasteiger partial charge in [0.1, 0.15) is 17.5 Å². The zero-order valence-corrected chi connectivity index (χ0v) is 9.62. The minimum Gasteiger partial charge on any atom is -0.320 e. The first-order valence-corrected chi connectivity index (χ1v) is 5.32. The van der Waals surface area contributed by atoms with Crippen molar-refractivity contribution in [3.8, 4) is 0 Å². The van der Waals surface area contributed by atoms with Gasteiger partial charge in [-0.1, -0.05) is 6.07 Å². The molecule has 1 aromatic carbocycles. The first-order chi connectivity index (χ1) is 8.52. The third-order valence-electron chi connectivity index (χ3n) is 2.77. The van der Waals surface area contributed by atoms with Crippen molar-refractivity contribution in [2.75, 3.05) is 0 Å². The van der Waals surface area contributed by atoms with Crippen LogP contribution in [0.2, 0.25) is 0 Å². The monoisotopic (exact) mass is 252 g/mol. The number of hydrogen-bond acceptors (Lipinski definition) is 2. The normalized spacial score (nSPS) is 12.5. The van der Waals surface area contributed by atoms with Crippen LogP contribution in [0.3, 0.4) is 0 Å². The van der Waals surface area contributed by atoms with E-state index < -0.39 is 23.5 Å². The van der Waals surface area contributed by atoms with Crippen molar-refractivity contribution in [1.29, 1.82) is 0 Å². The summed E-state index contributed by atoms with van der Waals surface area (Å²) in [5, 5.41) is 0. The second-order valence-corrected chi connectivity index (χ2v) is 3.97. The van der Waals surface area contributed by atoms with Crippen LogP contribution in [-0.2, 0) is 0 Å². The highest BCUT2D eigenvalue weighted by molar-refractivity contribution is 5.35. The van der Waals surface area contributed by atoms with Gasteiger partial charge in [0.15, 0.2) is 0 Å². The molecule has 0 aliphatic rings. The summed E-state index contributed by atoms with van der Waals surface area (Å²) >= 11 is 0. The highest BCUT2D eigenvalue weighted by Gasteiger charge is 2.22. The Balaban J connectivity index is 2.56. The lowest BCUT2D eigenvalue weighted by molar-refractivity contribution is 0.527. The van der Waals surface area contributed by atoms with Gasteiger partial charge in [0.25, 0.3) is 0 Å². The first kappa shape index (κ1) is 12.6. The minimum atomic E-state index is -1.20. The molecule has 2 N–H and O–H groups in total. The van der Waals surface area contributed by atoms with E-state index in [1.54, 1.807) is 0 Å². The van der Waals surface area contributed by atoms with Crippen LogP contribution in [0.4, 0.5) is 13.2 Å². The van der Waals surface area contributed by atoms with Crippen molar-refractivity contribution in [3.63, 3.8) is 0 Å². The number of rotatable bonds is 2. The van der Waals surface area contributed by atoms with Gasteiger partial charge >= 0.3 is 0 Å². The first-order valence-electron chi connectivity index (χ1n) is 5.32. The van der Waals surface area contributed by atoms with Crippen LogP contribution < -0.4 is 5.73 Å². The van der Waals surface area contributed by atoms with Gasteiger partial charge in [0, 0.05) is 17.3 Å². The minimum absolute atomic E-state index is 0.00778. The molecule has 5 heteroatoms. The molecule has 0 fully saturated rings. The topological polar surface area (TPSA) is 38.9 Å². The van der Waals surface area contributed by atoms with E-state index in [1.807, 2.05) is 0 Å². The van der Waals surface area contributed by atoms with Crippen LogP contribution in [0.1, 0.15) is 22.7 Å². The molecule has 1 aromatic heterocycles. The summed E-state index contributed by atoms with van der Waals surface area (Å²) in [5.74, 6) is -2.23. The van der Waals surface area contributed by atoms with Crippen LogP contribution in [0.15, 0.2) is 30.6 Å². The molecule has 0 saturated heterocycles. The van der Waals surface area contributed by atoms with Gasteiger partial charge in [-0.15, -0.1) is 0 Å². The predicted molar refractivity (Wildman–Crippen MR) is 61.3 cm³/mol. The van der Waals surface area contributed by atoms with Crippen molar-refractivity contribution in [2.24, 2.45) is 5.73 Å². The summed E-state index contributed by atoms with van der Waals surface area (Å²) in [6.07, 6.45) is 2.28. The van der Waals surface area contributed by atoms with Gasteiger partial charge < -0.3 is 5.73 Å². The Morgan fingerprint density at radius 3 is 2.50 bits per heavy atom. The molecule has 1 heterocycles. The molecule has 0 spiro atoms. The van der Waals surface area contributed by atoms with Gasteiger partial charge in [-0.05, 0) is 24.6 Å². The molecule has 0 saturated carbocycles. The number of halogens is 3. The second-order valence-electron chi connectivity index (χ2n) is 3.97. The Hall–Kier alpha value is -1.88. The number of aryl methyl sites for hydroxylation is 1. The van der Waals surface area contributed by atoms with Crippen molar-refractivity contribution in [3.05, 3.63) is 64.7 Å². The van der Waals surface area contributed by atoms with Crippen molar-refractivity contribution < 1.29 is 13.2 Å². The zero-order valence-electron chi connectivity index (χ0n) is 9.62. The lowest BCUT2D eigenvalue weighted by Gasteiger charge is -2.15. The van der Waals surface area contributed by atoms with Gasteiger partial charge in [-0.2, -0.15) is 0 Å². The Kier molecular flexibility index (Phi) is 3.34. The highest BCUT2D eigenvalue weighted by Crippen LogP contribution is 2.27. The van der Waals surface area contributed by atoms with Crippen molar-refractivity contribution >= 4 is 0 Å². The molecule has 2 rings (SSSR count). The smallest absolute Gasteiger partial charge is 0.146 e. The molecule has 1 unspecified atom stereocenters. The Morgan fingerprint density at radius 1 is 1.11 bits per heavy atom. The molecular weight excluding hydrogens is 241 g/mol. The van der Waals surface area contributed by atoms with E-state index in [0.29, 0.717) is 0 Å². The largest absolute Gasteiger partial charge is 0.320 e. The Labute approximate surface area is 102 Å². The predicted octanol–water partition coefficient (Wildman–Crippen LogP) is 2.86. The van der Waals surface area contributed by atoms with E-state index in [9.17, 15) is 13.2 Å². The molecule has 18 heavy (non-hydrogen) atoms. The molecule has 0 amide bonds. The molecule has 2 aromatic rings. The number of benzene rings is 1. The summed E-state index contributed by atoms with van der Waals surface area (Å²) in [6, 6.07) is 2.53. The second kappa shape index (κ2) is 4.78. The molecule has 2 nitrogen and oxygen atoms in total. The van der Waals surface area contributed by atoms with E-state index >= 15 is 0 Å². The lowest BCUT2D eigenvalue weighted by atomic mass is 9.97. The number of pyridine rings is 1. The molecule has 0 aliphatic heterocycles. The van der Waals surface area contributed by atoms with Crippen LogP contribution in [-0.4, -0.2) is 4.98 Å². The summed E-state index contributed by atoms with van der Waals surface area (Å²) in [6.45, 7) is 1.49. The molecule has 0 radical (unpaired) electrons.